The summed E-state index contributed by atoms with van der Waals surface area (Å²) >= 11 is 0. The van der Waals surface area contributed by atoms with Crippen LogP contribution in [0.5, 0.6) is 5.75 Å². The molecule has 0 atom stereocenters. The monoisotopic (exact) mass is 306 g/mol. The highest BCUT2D eigenvalue weighted by atomic mass is 16.5. The van der Waals surface area contributed by atoms with E-state index in [1.807, 2.05) is 10.9 Å². The Morgan fingerprint density at radius 1 is 1.14 bits per heavy atom. The largest absolute Gasteiger partial charge is 0.484 e. The molecule has 0 saturated carbocycles. The fraction of sp³-hybridized carbons (Fsp3) is 0.154. The summed E-state index contributed by atoms with van der Waals surface area (Å²) in [5.41, 5.74) is 4.02. The number of hydrogen-bond donors (Lipinski definition) is 4. The molecule has 2 aromatic rings. The quantitative estimate of drug-likeness (QED) is 0.232. The van der Waals surface area contributed by atoms with Gasteiger partial charge in [-0.2, -0.15) is 0 Å². The van der Waals surface area contributed by atoms with Crippen molar-refractivity contribution in [2.24, 2.45) is 11.7 Å². The Morgan fingerprint density at radius 2 is 1.86 bits per heavy atom. The van der Waals surface area contributed by atoms with Gasteiger partial charge >= 0.3 is 5.63 Å². The molecule has 9 heteroatoms. The van der Waals surface area contributed by atoms with Gasteiger partial charge in [-0.25, -0.2) is 16.5 Å². The summed E-state index contributed by atoms with van der Waals surface area (Å²) in [5, 5.41) is 0.568. The summed E-state index contributed by atoms with van der Waals surface area (Å²) in [6.45, 7) is -0.276. The fourth-order valence-electron chi connectivity index (χ4n) is 1.86. The van der Waals surface area contributed by atoms with E-state index in [1.165, 1.54) is 12.1 Å². The molecule has 2 amide bonds. The molecule has 0 aliphatic rings. The minimum Gasteiger partial charge on any atom is -0.484 e. The van der Waals surface area contributed by atoms with Crippen molar-refractivity contribution < 1.29 is 18.7 Å². The van der Waals surface area contributed by atoms with Crippen LogP contribution in [0.4, 0.5) is 0 Å². The minimum absolute atomic E-state index is 0.0611. The molecular weight excluding hydrogens is 292 g/mol. The zero-order valence-corrected chi connectivity index (χ0v) is 11.4. The Balaban J connectivity index is 2.34. The molecule has 0 fully saturated rings. The molecule has 0 aliphatic heterocycles. The predicted molar refractivity (Wildman–Crippen MR) is 76.3 cm³/mol. The van der Waals surface area contributed by atoms with Gasteiger partial charge in [-0.05, 0) is 17.7 Å². The third-order valence-corrected chi connectivity index (χ3v) is 2.84. The molecule has 1 heterocycles. The van der Waals surface area contributed by atoms with Crippen molar-refractivity contribution >= 4 is 22.8 Å². The summed E-state index contributed by atoms with van der Waals surface area (Å²) in [5.74, 6) is 9.35. The predicted octanol–water partition coefficient (Wildman–Crippen LogP) is -1.31. The average molecular weight is 306 g/mol. The summed E-state index contributed by atoms with van der Waals surface area (Å²) in [4.78, 5) is 33.9. The number of carbonyl (C=O) groups excluding carboxylic acids is 2. The van der Waals surface area contributed by atoms with Gasteiger partial charge in [0.1, 0.15) is 11.3 Å². The van der Waals surface area contributed by atoms with Crippen LogP contribution in [0.3, 0.4) is 0 Å². The molecule has 1 aromatic carbocycles. The molecule has 2 rings (SSSR count). The Kier molecular flexibility index (Phi) is 4.71. The lowest BCUT2D eigenvalue weighted by molar-refractivity contribution is -0.123. The number of amides is 2. The third kappa shape index (κ3) is 3.59. The maximum atomic E-state index is 11.5. The molecule has 6 N–H and O–H groups in total. The first-order chi connectivity index (χ1) is 10.5. The van der Waals surface area contributed by atoms with Gasteiger partial charge in [0.2, 0.25) is 5.91 Å². The molecular formula is C13H14N4O5. The second-order valence-corrected chi connectivity index (χ2v) is 4.35. The highest BCUT2D eigenvalue weighted by Crippen LogP contribution is 2.23. The zero-order chi connectivity index (χ0) is 16.1. The van der Waals surface area contributed by atoms with Crippen molar-refractivity contribution in [1.29, 1.82) is 0 Å². The maximum absolute atomic E-state index is 11.5. The molecule has 0 saturated heterocycles. The van der Waals surface area contributed by atoms with E-state index in [2.05, 4.69) is 0 Å². The number of nitrogens with two attached hydrogens (primary N) is 2. The van der Waals surface area contributed by atoms with Crippen molar-refractivity contribution in [3.63, 3.8) is 0 Å². The Hall–Kier alpha value is -2.91. The van der Waals surface area contributed by atoms with E-state index in [1.54, 1.807) is 12.1 Å². The Labute approximate surface area is 124 Å². The zero-order valence-electron chi connectivity index (χ0n) is 11.4. The lowest BCUT2D eigenvalue weighted by atomic mass is 10.1. The van der Waals surface area contributed by atoms with Gasteiger partial charge in [-0.15, -0.1) is 0 Å². The molecule has 116 valence electrons. The van der Waals surface area contributed by atoms with Gasteiger partial charge in [-0.1, -0.05) is 0 Å². The first-order valence-corrected chi connectivity index (χ1v) is 6.22. The summed E-state index contributed by atoms with van der Waals surface area (Å²) in [7, 11) is 0. The standard InChI is InChI=1S/C13H14N4O5/c14-16-11(18)3-7-4-13(20)22-10-5-8(1-2-9(7)10)21-6-12(19)17-15/h1-2,4-5H,3,6,14-15H2,(H,16,18)(H,17,19). The normalized spacial score (nSPS) is 10.3. The number of rotatable bonds is 5. The van der Waals surface area contributed by atoms with Crippen LogP contribution in [0.15, 0.2) is 33.5 Å². The smallest absolute Gasteiger partial charge is 0.336 e. The van der Waals surface area contributed by atoms with Gasteiger partial charge in [0.25, 0.3) is 5.91 Å². The molecule has 0 unspecified atom stereocenters. The lowest BCUT2D eigenvalue weighted by Gasteiger charge is -2.08. The van der Waals surface area contributed by atoms with Crippen molar-refractivity contribution in [3.8, 4) is 5.75 Å². The van der Waals surface area contributed by atoms with Gasteiger partial charge in [-0.3, -0.25) is 20.4 Å². The van der Waals surface area contributed by atoms with E-state index in [9.17, 15) is 14.4 Å². The minimum atomic E-state index is -0.607. The highest BCUT2D eigenvalue weighted by molar-refractivity contribution is 5.87. The van der Waals surface area contributed by atoms with Crippen molar-refractivity contribution in [2.45, 2.75) is 6.42 Å². The van der Waals surface area contributed by atoms with Gasteiger partial charge in [0.15, 0.2) is 6.61 Å². The van der Waals surface area contributed by atoms with E-state index < -0.39 is 17.4 Å². The SMILES string of the molecule is NNC(=O)COc1ccc2c(CC(=O)NN)cc(=O)oc2c1. The number of ether oxygens (including phenoxy) is 1. The molecule has 9 nitrogen and oxygen atoms in total. The summed E-state index contributed by atoms with van der Waals surface area (Å²) < 4.78 is 10.3. The summed E-state index contributed by atoms with van der Waals surface area (Å²) in [6, 6.07) is 5.87. The second-order valence-electron chi connectivity index (χ2n) is 4.35. The first-order valence-electron chi connectivity index (χ1n) is 6.22. The van der Waals surface area contributed by atoms with Crippen molar-refractivity contribution in [3.05, 3.63) is 40.2 Å². The number of carbonyl (C=O) groups is 2. The van der Waals surface area contributed by atoms with Crippen molar-refractivity contribution in [2.75, 3.05) is 6.61 Å². The van der Waals surface area contributed by atoms with E-state index in [-0.39, 0.29) is 18.6 Å². The van der Waals surface area contributed by atoms with E-state index in [0.29, 0.717) is 16.7 Å². The van der Waals surface area contributed by atoms with Crippen LogP contribution in [0.1, 0.15) is 5.56 Å². The Bertz CT molecular complexity index is 771. The van der Waals surface area contributed by atoms with Crippen LogP contribution >= 0.6 is 0 Å². The molecule has 0 bridgehead atoms. The molecule has 1 aromatic heterocycles. The number of hydrogen-bond acceptors (Lipinski definition) is 7. The number of nitrogens with one attached hydrogen (secondary N) is 2. The van der Waals surface area contributed by atoms with Crippen LogP contribution in [0.25, 0.3) is 11.0 Å². The third-order valence-electron chi connectivity index (χ3n) is 2.84. The highest BCUT2D eigenvalue weighted by Gasteiger charge is 2.11. The number of benzene rings is 1. The van der Waals surface area contributed by atoms with Gasteiger partial charge in [0.05, 0.1) is 6.42 Å². The van der Waals surface area contributed by atoms with Gasteiger partial charge in [0, 0.05) is 17.5 Å². The van der Waals surface area contributed by atoms with Crippen LogP contribution in [0.2, 0.25) is 0 Å². The van der Waals surface area contributed by atoms with Crippen LogP contribution in [0, 0.1) is 0 Å². The number of fused-ring (bicyclic) bond motifs is 1. The fourth-order valence-corrected chi connectivity index (χ4v) is 1.86. The lowest BCUT2D eigenvalue weighted by Crippen LogP contribution is -2.34. The van der Waals surface area contributed by atoms with E-state index >= 15 is 0 Å². The maximum Gasteiger partial charge on any atom is 0.336 e. The van der Waals surface area contributed by atoms with Crippen molar-refractivity contribution in [1.82, 2.24) is 10.9 Å². The number of hydrazine groups is 2. The van der Waals surface area contributed by atoms with E-state index in [0.717, 1.165) is 0 Å². The van der Waals surface area contributed by atoms with Gasteiger partial charge < -0.3 is 9.15 Å². The van der Waals surface area contributed by atoms with Crippen LogP contribution in [-0.4, -0.2) is 18.4 Å². The molecule has 0 spiro atoms. The average Bonchev–Trinajstić information content (AvgIpc) is 2.51. The second kappa shape index (κ2) is 6.70. The first kappa shape index (κ1) is 15.5. The Morgan fingerprint density at radius 3 is 2.55 bits per heavy atom. The van der Waals surface area contributed by atoms with Crippen LogP contribution < -0.4 is 32.9 Å². The summed E-state index contributed by atoms with van der Waals surface area (Å²) in [6.07, 6.45) is -0.0611. The van der Waals surface area contributed by atoms with E-state index in [4.69, 9.17) is 20.8 Å². The molecule has 0 radical (unpaired) electrons. The topological polar surface area (TPSA) is 150 Å². The molecule has 22 heavy (non-hydrogen) atoms. The van der Waals surface area contributed by atoms with Crippen LogP contribution in [-0.2, 0) is 16.0 Å². The molecule has 0 aliphatic carbocycles.